The number of furan rings is 1. The molecule has 1 aliphatic heterocycles. The Kier molecular flexibility index (Phi) is 4.20. The number of nitrogens with zero attached hydrogens (tertiary/aromatic N) is 1. The molecule has 2 rings (SSSR count). The van der Waals surface area contributed by atoms with Crippen molar-refractivity contribution in [2.45, 2.75) is 38.8 Å². The Balaban J connectivity index is 1.73. The molecule has 1 unspecified atom stereocenters. The van der Waals surface area contributed by atoms with E-state index in [1.807, 2.05) is 17.0 Å². The van der Waals surface area contributed by atoms with Crippen LogP contribution in [-0.4, -0.2) is 29.9 Å². The van der Waals surface area contributed by atoms with Crippen LogP contribution in [0.1, 0.15) is 31.9 Å². The maximum atomic E-state index is 12.0. The molecule has 0 aromatic carbocycles. The molecule has 0 aliphatic carbocycles. The molecule has 4 heteroatoms. The molecule has 1 amide bonds. The molecule has 0 bridgehead atoms. The summed E-state index contributed by atoms with van der Waals surface area (Å²) in [6.07, 6.45) is 5.15. The topological polar surface area (TPSA) is 45.5 Å². The van der Waals surface area contributed by atoms with Crippen LogP contribution in [-0.2, 0) is 11.3 Å². The second-order valence-corrected chi connectivity index (χ2v) is 4.61. The van der Waals surface area contributed by atoms with Crippen LogP contribution < -0.4 is 5.32 Å². The lowest BCUT2D eigenvalue weighted by Crippen LogP contribution is -2.45. The Morgan fingerprint density at radius 2 is 2.47 bits per heavy atom. The first-order chi connectivity index (χ1) is 8.27. The van der Waals surface area contributed by atoms with Crippen LogP contribution in [0.25, 0.3) is 0 Å². The summed E-state index contributed by atoms with van der Waals surface area (Å²) in [5.41, 5.74) is 0. The van der Waals surface area contributed by atoms with Crippen LogP contribution in [0.5, 0.6) is 0 Å². The molecule has 1 aromatic heterocycles. The van der Waals surface area contributed by atoms with Crippen molar-refractivity contribution in [3.05, 3.63) is 24.2 Å². The minimum atomic E-state index is 0.198. The van der Waals surface area contributed by atoms with E-state index in [0.717, 1.165) is 25.1 Å². The third-order valence-electron chi connectivity index (χ3n) is 3.28. The zero-order valence-corrected chi connectivity index (χ0v) is 10.3. The third kappa shape index (κ3) is 3.33. The van der Waals surface area contributed by atoms with Crippen LogP contribution in [0, 0.1) is 0 Å². The minimum absolute atomic E-state index is 0.198. The SMILES string of the molecule is CC1CCCCN1C(=O)CNCc1ccco1. The second kappa shape index (κ2) is 5.87. The van der Waals surface area contributed by atoms with E-state index in [-0.39, 0.29) is 5.91 Å². The zero-order valence-electron chi connectivity index (χ0n) is 10.3. The summed E-state index contributed by atoms with van der Waals surface area (Å²) in [5, 5.41) is 3.12. The Labute approximate surface area is 102 Å². The van der Waals surface area contributed by atoms with Crippen LogP contribution in [0.2, 0.25) is 0 Å². The number of hydrogen-bond acceptors (Lipinski definition) is 3. The van der Waals surface area contributed by atoms with Gasteiger partial charge in [0.1, 0.15) is 5.76 Å². The molecule has 0 saturated carbocycles. The molecule has 1 saturated heterocycles. The van der Waals surface area contributed by atoms with Gasteiger partial charge in [0.05, 0.1) is 19.4 Å². The predicted octanol–water partition coefficient (Wildman–Crippen LogP) is 1.77. The van der Waals surface area contributed by atoms with E-state index in [2.05, 4.69) is 12.2 Å². The zero-order chi connectivity index (χ0) is 12.1. The fraction of sp³-hybridized carbons (Fsp3) is 0.615. The lowest BCUT2D eigenvalue weighted by molar-refractivity contribution is -0.133. The molecule has 1 atom stereocenters. The number of likely N-dealkylation sites (tertiary alicyclic amines) is 1. The number of carbonyl (C=O) groups is 1. The molecule has 1 fully saturated rings. The van der Waals surface area contributed by atoms with Gasteiger partial charge in [-0.25, -0.2) is 0 Å². The highest BCUT2D eigenvalue weighted by atomic mass is 16.3. The smallest absolute Gasteiger partial charge is 0.236 e. The molecule has 4 nitrogen and oxygen atoms in total. The predicted molar refractivity (Wildman–Crippen MR) is 65.4 cm³/mol. The van der Waals surface area contributed by atoms with Crippen molar-refractivity contribution in [1.29, 1.82) is 0 Å². The van der Waals surface area contributed by atoms with Gasteiger partial charge in [0.2, 0.25) is 5.91 Å². The third-order valence-corrected chi connectivity index (χ3v) is 3.28. The number of rotatable bonds is 4. The van der Waals surface area contributed by atoms with Crippen LogP contribution in [0.15, 0.2) is 22.8 Å². The largest absolute Gasteiger partial charge is 0.468 e. The monoisotopic (exact) mass is 236 g/mol. The lowest BCUT2D eigenvalue weighted by atomic mass is 10.0. The summed E-state index contributed by atoms with van der Waals surface area (Å²) in [5.74, 6) is 1.06. The van der Waals surface area contributed by atoms with E-state index < -0.39 is 0 Å². The van der Waals surface area contributed by atoms with E-state index in [1.54, 1.807) is 6.26 Å². The molecule has 1 aromatic rings. The fourth-order valence-corrected chi connectivity index (χ4v) is 2.28. The first-order valence-corrected chi connectivity index (χ1v) is 6.30. The van der Waals surface area contributed by atoms with E-state index in [4.69, 9.17) is 4.42 Å². The Bertz CT molecular complexity index is 348. The lowest BCUT2D eigenvalue weighted by Gasteiger charge is -2.33. The van der Waals surface area contributed by atoms with Gasteiger partial charge in [-0.3, -0.25) is 4.79 Å². The number of carbonyl (C=O) groups excluding carboxylic acids is 1. The fourth-order valence-electron chi connectivity index (χ4n) is 2.28. The molecule has 94 valence electrons. The van der Waals surface area contributed by atoms with Gasteiger partial charge >= 0.3 is 0 Å². The van der Waals surface area contributed by atoms with Crippen LogP contribution in [0.4, 0.5) is 0 Å². The highest BCUT2D eigenvalue weighted by Gasteiger charge is 2.22. The minimum Gasteiger partial charge on any atom is -0.468 e. The number of nitrogens with one attached hydrogen (secondary N) is 1. The molecule has 1 N–H and O–H groups in total. The molecular weight excluding hydrogens is 216 g/mol. The van der Waals surface area contributed by atoms with Crippen molar-refractivity contribution in [3.63, 3.8) is 0 Å². The van der Waals surface area contributed by atoms with Gasteiger partial charge in [0, 0.05) is 12.6 Å². The van der Waals surface area contributed by atoms with Crippen molar-refractivity contribution >= 4 is 5.91 Å². The maximum Gasteiger partial charge on any atom is 0.236 e. The summed E-state index contributed by atoms with van der Waals surface area (Å²) >= 11 is 0. The number of hydrogen-bond donors (Lipinski definition) is 1. The van der Waals surface area contributed by atoms with Gasteiger partial charge < -0.3 is 14.6 Å². The molecule has 1 aliphatic rings. The van der Waals surface area contributed by atoms with Crippen molar-refractivity contribution < 1.29 is 9.21 Å². The average molecular weight is 236 g/mol. The van der Waals surface area contributed by atoms with E-state index in [0.29, 0.717) is 19.1 Å². The molecule has 0 radical (unpaired) electrons. The summed E-state index contributed by atoms with van der Waals surface area (Å²) in [4.78, 5) is 14.0. The Hall–Kier alpha value is -1.29. The van der Waals surface area contributed by atoms with Gasteiger partial charge in [0.25, 0.3) is 0 Å². The molecule has 17 heavy (non-hydrogen) atoms. The van der Waals surface area contributed by atoms with Crippen molar-refractivity contribution in [3.8, 4) is 0 Å². The van der Waals surface area contributed by atoms with Crippen molar-refractivity contribution in [2.75, 3.05) is 13.1 Å². The van der Waals surface area contributed by atoms with Gasteiger partial charge in [-0.2, -0.15) is 0 Å². The quantitative estimate of drug-likeness (QED) is 0.866. The van der Waals surface area contributed by atoms with Crippen molar-refractivity contribution in [2.24, 2.45) is 0 Å². The number of amides is 1. The second-order valence-electron chi connectivity index (χ2n) is 4.61. The summed E-state index contributed by atoms with van der Waals surface area (Å²) in [7, 11) is 0. The normalized spacial score (nSPS) is 20.5. The summed E-state index contributed by atoms with van der Waals surface area (Å²) in [6.45, 7) is 4.04. The number of piperidine rings is 1. The summed E-state index contributed by atoms with van der Waals surface area (Å²) in [6, 6.07) is 4.15. The molecule has 0 spiro atoms. The highest BCUT2D eigenvalue weighted by Crippen LogP contribution is 2.16. The standard InChI is InChI=1S/C13H20N2O2/c1-11-5-2-3-7-15(11)13(16)10-14-9-12-6-4-8-17-12/h4,6,8,11,14H,2-3,5,7,9-10H2,1H3. The van der Waals surface area contributed by atoms with Gasteiger partial charge in [-0.15, -0.1) is 0 Å². The summed E-state index contributed by atoms with van der Waals surface area (Å²) < 4.78 is 5.19. The Morgan fingerprint density at radius 3 is 3.18 bits per heavy atom. The molecular formula is C13H20N2O2. The van der Waals surface area contributed by atoms with Crippen molar-refractivity contribution in [1.82, 2.24) is 10.2 Å². The van der Waals surface area contributed by atoms with E-state index in [1.165, 1.54) is 6.42 Å². The van der Waals surface area contributed by atoms with E-state index in [9.17, 15) is 4.79 Å². The maximum absolute atomic E-state index is 12.0. The molecule has 2 heterocycles. The van der Waals surface area contributed by atoms with Crippen LogP contribution >= 0.6 is 0 Å². The van der Waals surface area contributed by atoms with Gasteiger partial charge in [0.15, 0.2) is 0 Å². The average Bonchev–Trinajstić information content (AvgIpc) is 2.82. The van der Waals surface area contributed by atoms with Crippen LogP contribution in [0.3, 0.4) is 0 Å². The van der Waals surface area contributed by atoms with E-state index >= 15 is 0 Å². The highest BCUT2D eigenvalue weighted by molar-refractivity contribution is 5.78. The first-order valence-electron chi connectivity index (χ1n) is 6.30. The van der Waals surface area contributed by atoms with Gasteiger partial charge in [-0.05, 0) is 38.3 Å². The first kappa shape index (κ1) is 12.2. The van der Waals surface area contributed by atoms with Gasteiger partial charge in [-0.1, -0.05) is 0 Å². The Morgan fingerprint density at radius 1 is 1.59 bits per heavy atom.